The minimum atomic E-state index is -0.384. The molecule has 3 aromatic rings. The summed E-state index contributed by atoms with van der Waals surface area (Å²) < 4.78 is 13.5. The second kappa shape index (κ2) is 11.5. The lowest BCUT2D eigenvalue weighted by Gasteiger charge is -2.14. The fourth-order valence-corrected chi connectivity index (χ4v) is 3.99. The Labute approximate surface area is 209 Å². The van der Waals surface area contributed by atoms with Crippen molar-refractivity contribution in [1.82, 2.24) is 5.43 Å². The Morgan fingerprint density at radius 1 is 1.09 bits per heavy atom. The molecule has 1 amide bonds. The predicted molar refractivity (Wildman–Crippen MR) is 135 cm³/mol. The summed E-state index contributed by atoms with van der Waals surface area (Å²) in [5, 5.41) is 4.43. The van der Waals surface area contributed by atoms with Gasteiger partial charge in [0.15, 0.2) is 11.5 Å². The number of rotatable bonds is 8. The molecule has 1 N–H and O–H groups in total. The van der Waals surface area contributed by atoms with E-state index in [1.807, 2.05) is 50.2 Å². The van der Waals surface area contributed by atoms with Gasteiger partial charge in [-0.15, -0.1) is 0 Å². The van der Waals surface area contributed by atoms with Gasteiger partial charge in [0.1, 0.15) is 6.61 Å². The zero-order valence-corrected chi connectivity index (χ0v) is 21.4. The zero-order valence-electron chi connectivity index (χ0n) is 17.5. The Balaban J connectivity index is 1.72. The number of halogens is 3. The molecule has 0 atom stereocenters. The highest BCUT2D eigenvalue weighted by atomic mass is 79.9. The van der Waals surface area contributed by atoms with E-state index in [2.05, 4.69) is 42.4 Å². The maximum Gasteiger partial charge on any atom is 0.272 e. The van der Waals surface area contributed by atoms with Gasteiger partial charge in [0, 0.05) is 4.47 Å². The molecule has 0 aliphatic rings. The summed E-state index contributed by atoms with van der Waals surface area (Å²) in [5.74, 6) is 0.792. The normalized spacial score (nSPS) is 10.9. The maximum absolute atomic E-state index is 12.3. The lowest BCUT2D eigenvalue weighted by atomic mass is 10.1. The van der Waals surface area contributed by atoms with Crippen molar-refractivity contribution in [3.63, 3.8) is 0 Å². The lowest BCUT2D eigenvalue weighted by molar-refractivity contribution is 0.0955. The summed E-state index contributed by atoms with van der Waals surface area (Å²) in [6.45, 7) is 4.68. The third-order valence-electron chi connectivity index (χ3n) is 4.38. The highest BCUT2D eigenvalue weighted by Crippen LogP contribution is 2.37. The first-order valence-electron chi connectivity index (χ1n) is 9.80. The summed E-state index contributed by atoms with van der Waals surface area (Å²) in [4.78, 5) is 12.3. The molecule has 0 saturated heterocycles. The van der Waals surface area contributed by atoms with Crippen molar-refractivity contribution in [3.05, 3.63) is 90.8 Å². The zero-order chi connectivity index (χ0) is 23.1. The standard InChI is InChI=1S/C24H21Br2ClN2O3/c1-3-31-22-12-17(13-28-29-24(30)19-9-4-15(2)10-21(19)27)11-20(26)23(22)32-14-16-5-7-18(25)8-6-16/h4-13H,3,14H2,1-2H3,(H,29,30)/b28-13-. The van der Waals surface area contributed by atoms with Crippen LogP contribution in [-0.4, -0.2) is 18.7 Å². The van der Waals surface area contributed by atoms with Crippen molar-refractivity contribution >= 4 is 55.6 Å². The second-order valence-corrected chi connectivity index (χ2v) is 9.04. The van der Waals surface area contributed by atoms with Gasteiger partial charge in [0.2, 0.25) is 0 Å². The molecule has 8 heteroatoms. The first-order chi connectivity index (χ1) is 15.4. The van der Waals surface area contributed by atoms with E-state index in [9.17, 15) is 4.79 Å². The van der Waals surface area contributed by atoms with Gasteiger partial charge in [-0.1, -0.05) is 45.7 Å². The molecule has 3 rings (SSSR count). The SMILES string of the molecule is CCOc1cc(/C=N\NC(=O)c2ccc(C)cc2Cl)cc(Br)c1OCc1ccc(Br)cc1. The van der Waals surface area contributed by atoms with Crippen molar-refractivity contribution in [2.75, 3.05) is 6.61 Å². The number of carbonyl (C=O) groups is 1. The molecule has 166 valence electrons. The summed E-state index contributed by atoms with van der Waals surface area (Å²) in [6, 6.07) is 16.8. The molecule has 0 radical (unpaired) electrons. The smallest absolute Gasteiger partial charge is 0.272 e. The van der Waals surface area contributed by atoms with Gasteiger partial charge < -0.3 is 9.47 Å². The number of ether oxygens (including phenoxy) is 2. The lowest BCUT2D eigenvalue weighted by Crippen LogP contribution is -2.18. The van der Waals surface area contributed by atoms with Crippen LogP contribution in [0.4, 0.5) is 0 Å². The minimum Gasteiger partial charge on any atom is -0.490 e. The number of nitrogens with zero attached hydrogens (tertiary/aromatic N) is 1. The fourth-order valence-electron chi connectivity index (χ4n) is 2.83. The Bertz CT molecular complexity index is 1130. The molecule has 0 fully saturated rings. The quantitative estimate of drug-likeness (QED) is 0.233. The van der Waals surface area contributed by atoms with Gasteiger partial charge >= 0.3 is 0 Å². The van der Waals surface area contributed by atoms with Gasteiger partial charge in [-0.2, -0.15) is 5.10 Å². The van der Waals surface area contributed by atoms with Gasteiger partial charge in [-0.3, -0.25) is 4.79 Å². The third-order valence-corrected chi connectivity index (χ3v) is 5.81. The monoisotopic (exact) mass is 578 g/mol. The first kappa shape index (κ1) is 24.3. The Kier molecular flexibility index (Phi) is 8.73. The molecule has 5 nitrogen and oxygen atoms in total. The topological polar surface area (TPSA) is 59.9 Å². The summed E-state index contributed by atoms with van der Waals surface area (Å²) in [7, 11) is 0. The van der Waals surface area contributed by atoms with Crippen LogP contribution in [0.15, 0.2) is 68.6 Å². The number of carbonyl (C=O) groups excluding carboxylic acids is 1. The van der Waals surface area contributed by atoms with Gasteiger partial charge in [0.25, 0.3) is 5.91 Å². The summed E-state index contributed by atoms with van der Waals surface area (Å²) >= 11 is 13.1. The molecule has 0 bridgehead atoms. The molecule has 0 spiro atoms. The van der Waals surface area contributed by atoms with E-state index in [4.69, 9.17) is 21.1 Å². The van der Waals surface area contributed by atoms with E-state index in [-0.39, 0.29) is 5.91 Å². The maximum atomic E-state index is 12.3. The van der Waals surface area contributed by atoms with Crippen LogP contribution in [0.2, 0.25) is 5.02 Å². The number of hydrogen-bond acceptors (Lipinski definition) is 4. The van der Waals surface area contributed by atoms with E-state index in [1.54, 1.807) is 18.2 Å². The van der Waals surface area contributed by atoms with Gasteiger partial charge in [-0.25, -0.2) is 5.43 Å². The van der Waals surface area contributed by atoms with Crippen LogP contribution in [0, 0.1) is 6.92 Å². The Hall–Kier alpha value is -2.35. The van der Waals surface area contributed by atoms with Crippen molar-refractivity contribution in [2.45, 2.75) is 20.5 Å². The van der Waals surface area contributed by atoms with Crippen LogP contribution in [0.3, 0.4) is 0 Å². The third kappa shape index (κ3) is 6.58. The number of amides is 1. The van der Waals surface area contributed by atoms with E-state index in [0.29, 0.717) is 35.3 Å². The Morgan fingerprint density at radius 2 is 1.84 bits per heavy atom. The minimum absolute atomic E-state index is 0.363. The molecule has 32 heavy (non-hydrogen) atoms. The number of benzene rings is 3. The summed E-state index contributed by atoms with van der Waals surface area (Å²) in [6.07, 6.45) is 1.53. The number of aryl methyl sites for hydroxylation is 1. The van der Waals surface area contributed by atoms with E-state index >= 15 is 0 Å². The van der Waals surface area contributed by atoms with Crippen LogP contribution in [-0.2, 0) is 6.61 Å². The number of nitrogens with one attached hydrogen (secondary N) is 1. The number of hydrazone groups is 1. The molecular weight excluding hydrogens is 560 g/mol. The highest BCUT2D eigenvalue weighted by molar-refractivity contribution is 9.10. The van der Waals surface area contributed by atoms with Gasteiger partial charge in [-0.05, 0) is 82.9 Å². The molecular formula is C24H21Br2ClN2O3. The molecule has 0 aromatic heterocycles. The fraction of sp³-hybridized carbons (Fsp3) is 0.167. The average Bonchev–Trinajstić information content (AvgIpc) is 2.74. The molecule has 0 aliphatic heterocycles. The molecule has 3 aromatic carbocycles. The van der Waals surface area contributed by atoms with Gasteiger partial charge in [0.05, 0.1) is 27.9 Å². The van der Waals surface area contributed by atoms with Crippen molar-refractivity contribution in [3.8, 4) is 11.5 Å². The van der Waals surface area contributed by atoms with E-state index in [0.717, 1.165) is 25.6 Å². The predicted octanol–water partition coefficient (Wildman–Crippen LogP) is 6.92. The van der Waals surface area contributed by atoms with E-state index in [1.165, 1.54) is 6.21 Å². The molecule has 0 aliphatic carbocycles. The largest absolute Gasteiger partial charge is 0.490 e. The second-order valence-electron chi connectivity index (χ2n) is 6.86. The van der Waals surface area contributed by atoms with Crippen molar-refractivity contribution < 1.29 is 14.3 Å². The average molecular weight is 581 g/mol. The van der Waals surface area contributed by atoms with Crippen LogP contribution in [0.25, 0.3) is 0 Å². The molecule has 0 saturated carbocycles. The first-order valence-corrected chi connectivity index (χ1v) is 11.8. The highest BCUT2D eigenvalue weighted by Gasteiger charge is 2.13. The van der Waals surface area contributed by atoms with E-state index < -0.39 is 0 Å². The Morgan fingerprint density at radius 3 is 2.53 bits per heavy atom. The van der Waals surface area contributed by atoms with Crippen LogP contribution < -0.4 is 14.9 Å². The number of hydrogen-bond donors (Lipinski definition) is 1. The van der Waals surface area contributed by atoms with Crippen molar-refractivity contribution in [2.24, 2.45) is 5.10 Å². The van der Waals surface area contributed by atoms with Crippen LogP contribution in [0.1, 0.15) is 34.0 Å². The van der Waals surface area contributed by atoms with Crippen LogP contribution >= 0.6 is 43.5 Å². The van der Waals surface area contributed by atoms with Crippen LogP contribution in [0.5, 0.6) is 11.5 Å². The molecule has 0 unspecified atom stereocenters. The summed E-state index contributed by atoms with van der Waals surface area (Å²) in [5.41, 5.74) is 5.60. The van der Waals surface area contributed by atoms with Crippen molar-refractivity contribution in [1.29, 1.82) is 0 Å². The molecule has 0 heterocycles.